The molecule has 1 nitrogen and oxygen atoms in total. The van der Waals surface area contributed by atoms with Crippen LogP contribution in [0, 0.1) is 0 Å². The second-order valence-electron chi connectivity index (χ2n) is 5.67. The highest BCUT2D eigenvalue weighted by molar-refractivity contribution is 5.63. The van der Waals surface area contributed by atoms with E-state index in [2.05, 4.69) is 87.4 Å². The number of rotatable bonds is 1. The molecule has 0 fully saturated rings. The third-order valence-electron chi connectivity index (χ3n) is 3.15. The Morgan fingerprint density at radius 1 is 0.944 bits per heavy atom. The number of para-hydroxylation sites is 1. The molecule has 0 amide bonds. The van der Waals surface area contributed by atoms with Crippen molar-refractivity contribution in [2.75, 3.05) is 4.90 Å². The van der Waals surface area contributed by atoms with Gasteiger partial charge in [-0.1, -0.05) is 51.1 Å². The summed E-state index contributed by atoms with van der Waals surface area (Å²) in [5.41, 5.74) is 4.00. The Balaban J connectivity index is 2.52. The van der Waals surface area contributed by atoms with Crippen LogP contribution in [0.3, 0.4) is 0 Å². The molecule has 0 bridgehead atoms. The lowest BCUT2D eigenvalue weighted by Gasteiger charge is -2.29. The number of hydrogen-bond acceptors (Lipinski definition) is 1. The van der Waals surface area contributed by atoms with E-state index in [0.717, 1.165) is 0 Å². The predicted molar refractivity (Wildman–Crippen MR) is 79.7 cm³/mol. The summed E-state index contributed by atoms with van der Waals surface area (Å²) >= 11 is 0. The van der Waals surface area contributed by atoms with Gasteiger partial charge in [0.05, 0.1) is 0 Å². The van der Waals surface area contributed by atoms with E-state index < -0.39 is 0 Å². The number of anilines is 1. The van der Waals surface area contributed by atoms with Crippen LogP contribution in [0.15, 0.2) is 60.5 Å². The van der Waals surface area contributed by atoms with E-state index >= 15 is 0 Å². The SMILES string of the molecule is CC1=CC=CC=CN1c1ccccc1C(C)(C)C. The lowest BCUT2D eigenvalue weighted by molar-refractivity contribution is 0.590. The molecule has 1 aliphatic heterocycles. The van der Waals surface area contributed by atoms with Crippen LogP contribution in [0.5, 0.6) is 0 Å². The summed E-state index contributed by atoms with van der Waals surface area (Å²) in [6.07, 6.45) is 10.5. The maximum absolute atomic E-state index is 2.25. The van der Waals surface area contributed by atoms with Crippen LogP contribution in [0.4, 0.5) is 5.69 Å². The smallest absolute Gasteiger partial charge is 0.0489 e. The van der Waals surface area contributed by atoms with Crippen LogP contribution in [0.25, 0.3) is 0 Å². The first kappa shape index (κ1) is 12.7. The lowest BCUT2D eigenvalue weighted by Crippen LogP contribution is -2.20. The summed E-state index contributed by atoms with van der Waals surface area (Å²) < 4.78 is 0. The van der Waals surface area contributed by atoms with Crippen LogP contribution in [0.2, 0.25) is 0 Å². The van der Waals surface area contributed by atoms with E-state index in [-0.39, 0.29) is 5.41 Å². The lowest BCUT2D eigenvalue weighted by atomic mass is 9.85. The fourth-order valence-corrected chi connectivity index (χ4v) is 2.18. The highest BCUT2D eigenvalue weighted by Crippen LogP contribution is 2.34. The zero-order valence-electron chi connectivity index (χ0n) is 11.6. The number of hydrogen-bond donors (Lipinski definition) is 0. The molecular weight excluding hydrogens is 218 g/mol. The second-order valence-corrected chi connectivity index (χ2v) is 5.67. The Morgan fingerprint density at radius 3 is 2.39 bits per heavy atom. The van der Waals surface area contributed by atoms with E-state index in [1.54, 1.807) is 0 Å². The summed E-state index contributed by atoms with van der Waals surface area (Å²) in [6.45, 7) is 8.90. The van der Waals surface area contributed by atoms with E-state index in [1.807, 2.05) is 0 Å². The molecule has 1 aromatic carbocycles. The van der Waals surface area contributed by atoms with Gasteiger partial charge in [-0.3, -0.25) is 0 Å². The van der Waals surface area contributed by atoms with Gasteiger partial charge in [0.15, 0.2) is 0 Å². The molecule has 0 atom stereocenters. The Kier molecular flexibility index (Phi) is 3.42. The largest absolute Gasteiger partial charge is 0.321 e. The Labute approximate surface area is 110 Å². The fraction of sp³-hybridized carbons (Fsp3) is 0.294. The van der Waals surface area contributed by atoms with Gasteiger partial charge < -0.3 is 4.90 Å². The van der Waals surface area contributed by atoms with Crippen LogP contribution >= 0.6 is 0 Å². The first-order chi connectivity index (χ1) is 8.50. The molecule has 1 heteroatoms. The van der Waals surface area contributed by atoms with Crippen molar-refractivity contribution in [1.29, 1.82) is 0 Å². The minimum atomic E-state index is 0.143. The maximum atomic E-state index is 2.25. The summed E-state index contributed by atoms with van der Waals surface area (Å²) in [6, 6.07) is 8.62. The summed E-state index contributed by atoms with van der Waals surface area (Å²) in [7, 11) is 0. The molecule has 0 radical (unpaired) electrons. The average Bonchev–Trinajstić information content (AvgIpc) is 2.53. The Bertz CT molecular complexity index is 513. The van der Waals surface area contributed by atoms with Crippen molar-refractivity contribution in [2.24, 2.45) is 0 Å². The van der Waals surface area contributed by atoms with Gasteiger partial charge in [0, 0.05) is 17.6 Å². The highest BCUT2D eigenvalue weighted by Gasteiger charge is 2.20. The molecule has 0 aromatic heterocycles. The first-order valence-electron chi connectivity index (χ1n) is 6.40. The van der Waals surface area contributed by atoms with E-state index in [1.165, 1.54) is 16.9 Å². The van der Waals surface area contributed by atoms with Crippen molar-refractivity contribution < 1.29 is 0 Å². The van der Waals surface area contributed by atoms with E-state index in [9.17, 15) is 0 Å². The average molecular weight is 239 g/mol. The molecule has 94 valence electrons. The van der Waals surface area contributed by atoms with Crippen molar-refractivity contribution in [3.8, 4) is 0 Å². The summed E-state index contributed by atoms with van der Waals surface area (Å²) in [4.78, 5) is 2.25. The van der Waals surface area contributed by atoms with Crippen molar-refractivity contribution in [3.63, 3.8) is 0 Å². The first-order valence-corrected chi connectivity index (χ1v) is 6.40. The molecule has 2 rings (SSSR count). The molecule has 0 saturated heterocycles. The second kappa shape index (κ2) is 4.85. The van der Waals surface area contributed by atoms with Crippen LogP contribution < -0.4 is 4.90 Å². The normalized spacial score (nSPS) is 15.6. The standard InChI is InChI=1S/C17H21N/c1-14-10-6-5-9-13-18(14)16-12-8-7-11-15(16)17(2,3)4/h5-13H,1-4H3. The van der Waals surface area contributed by atoms with Crippen molar-refractivity contribution >= 4 is 5.69 Å². The van der Waals surface area contributed by atoms with Gasteiger partial charge in [-0.25, -0.2) is 0 Å². The van der Waals surface area contributed by atoms with Crippen LogP contribution in [0.1, 0.15) is 33.3 Å². The minimum Gasteiger partial charge on any atom is -0.321 e. The number of benzene rings is 1. The maximum Gasteiger partial charge on any atom is 0.0489 e. The van der Waals surface area contributed by atoms with Gasteiger partial charge in [0.2, 0.25) is 0 Å². The minimum absolute atomic E-state index is 0.143. The summed E-state index contributed by atoms with van der Waals surface area (Å²) in [5, 5.41) is 0. The van der Waals surface area contributed by atoms with Gasteiger partial charge in [-0.2, -0.15) is 0 Å². The monoisotopic (exact) mass is 239 g/mol. The predicted octanol–water partition coefficient (Wildman–Crippen LogP) is 4.78. The highest BCUT2D eigenvalue weighted by atomic mass is 15.1. The Morgan fingerprint density at radius 2 is 1.67 bits per heavy atom. The van der Waals surface area contributed by atoms with E-state index in [4.69, 9.17) is 0 Å². The van der Waals surface area contributed by atoms with Crippen molar-refractivity contribution in [3.05, 3.63) is 66.0 Å². The zero-order chi connectivity index (χ0) is 13.2. The molecule has 0 saturated carbocycles. The van der Waals surface area contributed by atoms with Crippen molar-refractivity contribution in [1.82, 2.24) is 0 Å². The molecule has 0 unspecified atom stereocenters. The third kappa shape index (κ3) is 2.56. The van der Waals surface area contributed by atoms with Crippen LogP contribution in [-0.2, 0) is 5.41 Å². The van der Waals surface area contributed by atoms with Gasteiger partial charge in [-0.15, -0.1) is 0 Å². The number of nitrogens with zero attached hydrogens (tertiary/aromatic N) is 1. The molecule has 0 aliphatic carbocycles. The molecular formula is C17H21N. The number of allylic oxidation sites excluding steroid dienone is 5. The quantitative estimate of drug-likeness (QED) is 0.682. The fourth-order valence-electron chi connectivity index (χ4n) is 2.18. The van der Waals surface area contributed by atoms with Gasteiger partial charge in [-0.05, 0) is 36.1 Å². The van der Waals surface area contributed by atoms with E-state index in [0.29, 0.717) is 0 Å². The molecule has 1 aromatic rings. The van der Waals surface area contributed by atoms with Crippen LogP contribution in [-0.4, -0.2) is 0 Å². The van der Waals surface area contributed by atoms with Gasteiger partial charge in [0.25, 0.3) is 0 Å². The Hall–Kier alpha value is -1.76. The molecule has 1 heterocycles. The summed E-state index contributed by atoms with van der Waals surface area (Å²) in [5.74, 6) is 0. The molecule has 0 N–H and O–H groups in total. The topological polar surface area (TPSA) is 3.24 Å². The molecule has 0 spiro atoms. The molecule has 18 heavy (non-hydrogen) atoms. The molecule has 1 aliphatic rings. The zero-order valence-corrected chi connectivity index (χ0v) is 11.6. The third-order valence-corrected chi connectivity index (χ3v) is 3.15. The van der Waals surface area contributed by atoms with Crippen molar-refractivity contribution in [2.45, 2.75) is 33.1 Å². The van der Waals surface area contributed by atoms with Gasteiger partial charge >= 0.3 is 0 Å². The van der Waals surface area contributed by atoms with Gasteiger partial charge in [0.1, 0.15) is 0 Å².